The molecule has 160 valence electrons. The van der Waals surface area contributed by atoms with Crippen molar-refractivity contribution in [2.24, 2.45) is 5.16 Å². The molecule has 0 aliphatic heterocycles. The largest absolute Gasteiger partial charge is 0.503 e. The van der Waals surface area contributed by atoms with Crippen LogP contribution < -0.4 is 9.47 Å². The lowest BCUT2D eigenvalue weighted by atomic mass is 10.0. The maximum Gasteiger partial charge on any atom is 0.341 e. The van der Waals surface area contributed by atoms with E-state index in [1.807, 2.05) is 43.3 Å². The van der Waals surface area contributed by atoms with E-state index in [0.29, 0.717) is 29.2 Å². The van der Waals surface area contributed by atoms with Crippen LogP contribution in [0.25, 0.3) is 5.57 Å². The molecule has 0 fully saturated rings. The molecule has 0 aliphatic rings. The number of carbonyl (C=O) groups is 1. The van der Waals surface area contributed by atoms with E-state index >= 15 is 0 Å². The summed E-state index contributed by atoms with van der Waals surface area (Å²) in [5.74, 6) is 0.633. The molecule has 0 bridgehead atoms. The third-order valence-corrected chi connectivity index (χ3v) is 4.09. The number of oxime groups is 1. The van der Waals surface area contributed by atoms with Gasteiger partial charge in [-0.25, -0.2) is 4.79 Å². The molecule has 2 rings (SSSR count). The number of benzene rings is 2. The highest BCUT2D eigenvalue weighted by molar-refractivity contribution is 6.16. The third kappa shape index (κ3) is 6.27. The summed E-state index contributed by atoms with van der Waals surface area (Å²) in [7, 11) is 4.38. The lowest BCUT2D eigenvalue weighted by Crippen LogP contribution is -2.08. The Balaban J connectivity index is 2.26. The highest BCUT2D eigenvalue weighted by Gasteiger charge is 2.17. The Hall–Kier alpha value is -3.48. The van der Waals surface area contributed by atoms with E-state index in [4.69, 9.17) is 23.8 Å². The van der Waals surface area contributed by atoms with Crippen molar-refractivity contribution >= 4 is 17.8 Å². The minimum absolute atomic E-state index is 0.206. The zero-order valence-corrected chi connectivity index (χ0v) is 17.7. The van der Waals surface area contributed by atoms with Gasteiger partial charge < -0.3 is 23.8 Å². The van der Waals surface area contributed by atoms with E-state index in [1.54, 1.807) is 19.4 Å². The molecule has 0 aromatic heterocycles. The number of hydrogen-bond donors (Lipinski definition) is 0. The summed E-state index contributed by atoms with van der Waals surface area (Å²) in [4.78, 5) is 17.3. The molecule has 7 heteroatoms. The molecule has 0 atom stereocenters. The first-order valence-corrected chi connectivity index (χ1v) is 9.50. The summed E-state index contributed by atoms with van der Waals surface area (Å²) < 4.78 is 21.3. The van der Waals surface area contributed by atoms with Crippen LogP contribution in [0.4, 0.5) is 0 Å². The summed E-state index contributed by atoms with van der Waals surface area (Å²) in [6, 6.07) is 12.9. The Morgan fingerprint density at radius 2 is 1.87 bits per heavy atom. The molecule has 7 nitrogen and oxygen atoms in total. The van der Waals surface area contributed by atoms with Gasteiger partial charge in [-0.15, -0.1) is 0 Å². The van der Waals surface area contributed by atoms with Gasteiger partial charge in [-0.2, -0.15) is 0 Å². The van der Waals surface area contributed by atoms with Gasteiger partial charge in [-0.3, -0.25) is 0 Å². The fourth-order valence-electron chi connectivity index (χ4n) is 2.64. The first kappa shape index (κ1) is 22.8. The van der Waals surface area contributed by atoms with Crippen molar-refractivity contribution in [2.75, 3.05) is 27.9 Å². The first-order chi connectivity index (χ1) is 14.6. The molecule has 0 N–H and O–H groups in total. The van der Waals surface area contributed by atoms with Crippen molar-refractivity contribution in [3.8, 4) is 11.5 Å². The van der Waals surface area contributed by atoms with E-state index in [9.17, 15) is 4.79 Å². The van der Waals surface area contributed by atoms with E-state index < -0.39 is 5.97 Å². The van der Waals surface area contributed by atoms with Crippen molar-refractivity contribution in [3.05, 3.63) is 65.4 Å². The number of esters is 1. The van der Waals surface area contributed by atoms with Gasteiger partial charge in [0.05, 0.1) is 33.8 Å². The first-order valence-electron chi connectivity index (χ1n) is 9.50. The minimum Gasteiger partial charge on any atom is -0.503 e. The number of ether oxygens (including phenoxy) is 4. The van der Waals surface area contributed by atoms with Crippen LogP contribution in [0.1, 0.15) is 30.0 Å². The second-order valence-electron chi connectivity index (χ2n) is 6.18. The average molecular weight is 413 g/mol. The Morgan fingerprint density at radius 1 is 1.07 bits per heavy atom. The quantitative estimate of drug-likeness (QED) is 0.137. The molecule has 2 aromatic carbocycles. The van der Waals surface area contributed by atoms with Crippen molar-refractivity contribution < 1.29 is 28.6 Å². The smallest absolute Gasteiger partial charge is 0.341 e. The Labute approximate surface area is 176 Å². The highest BCUT2D eigenvalue weighted by atomic mass is 16.6. The number of nitrogens with zero attached hydrogens (tertiary/aromatic N) is 1. The molecule has 0 unspecified atom stereocenters. The monoisotopic (exact) mass is 413 g/mol. The van der Waals surface area contributed by atoms with E-state index in [0.717, 1.165) is 17.5 Å². The fourth-order valence-corrected chi connectivity index (χ4v) is 2.64. The molecule has 0 spiro atoms. The van der Waals surface area contributed by atoms with Crippen LogP contribution >= 0.6 is 0 Å². The van der Waals surface area contributed by atoms with Gasteiger partial charge in [-0.05, 0) is 35.7 Å². The van der Waals surface area contributed by atoms with Crippen molar-refractivity contribution in [2.45, 2.75) is 20.0 Å². The molecule has 2 aromatic rings. The maximum absolute atomic E-state index is 12.2. The summed E-state index contributed by atoms with van der Waals surface area (Å²) in [6.07, 6.45) is 3.87. The molecule has 30 heavy (non-hydrogen) atoms. The van der Waals surface area contributed by atoms with E-state index in [1.165, 1.54) is 20.5 Å². The molecule has 0 aliphatic carbocycles. The Morgan fingerprint density at radius 3 is 2.57 bits per heavy atom. The summed E-state index contributed by atoms with van der Waals surface area (Å²) in [6.45, 7) is 2.78. The van der Waals surface area contributed by atoms with Crippen LogP contribution in [0.15, 0.2) is 53.9 Å². The van der Waals surface area contributed by atoms with Crippen LogP contribution in [-0.4, -0.2) is 40.1 Å². The Kier molecular flexibility index (Phi) is 9.24. The van der Waals surface area contributed by atoms with Gasteiger partial charge in [0.2, 0.25) is 0 Å². The Bertz CT molecular complexity index is 891. The summed E-state index contributed by atoms with van der Waals surface area (Å²) >= 11 is 0. The molecule has 0 heterocycles. The number of rotatable bonds is 11. The topological polar surface area (TPSA) is 75.6 Å². The SMILES string of the molecule is CCCO/N=C/c1ccc(OC)c(OCc2ccccc2/C(=C\OC)C(=O)OC)c1. The molecular weight excluding hydrogens is 386 g/mol. The standard InChI is InChI=1S/C23H27NO6/c1-5-12-30-24-14-17-10-11-21(27-3)22(13-17)29-15-18-8-6-7-9-19(18)20(16-26-2)23(25)28-4/h6-11,13-14,16H,5,12,15H2,1-4H3/b20-16+,24-14+. The molecular formula is C23H27NO6. The third-order valence-electron chi connectivity index (χ3n) is 4.09. The highest BCUT2D eigenvalue weighted by Crippen LogP contribution is 2.29. The summed E-state index contributed by atoms with van der Waals surface area (Å²) in [5, 5.41) is 3.94. The van der Waals surface area contributed by atoms with E-state index in [2.05, 4.69) is 5.16 Å². The van der Waals surface area contributed by atoms with Gasteiger partial charge in [0.1, 0.15) is 18.8 Å². The minimum atomic E-state index is -0.493. The fraction of sp³-hybridized carbons (Fsp3) is 0.304. The van der Waals surface area contributed by atoms with Crippen LogP contribution in [-0.2, 0) is 25.7 Å². The van der Waals surface area contributed by atoms with Gasteiger partial charge >= 0.3 is 5.97 Å². The van der Waals surface area contributed by atoms with Crippen molar-refractivity contribution in [1.29, 1.82) is 0 Å². The van der Waals surface area contributed by atoms with E-state index in [-0.39, 0.29) is 6.61 Å². The number of hydrogen-bond acceptors (Lipinski definition) is 7. The maximum atomic E-state index is 12.2. The lowest BCUT2D eigenvalue weighted by Gasteiger charge is -2.14. The molecule has 0 amide bonds. The average Bonchev–Trinajstić information content (AvgIpc) is 2.78. The van der Waals surface area contributed by atoms with Crippen LogP contribution in [0.2, 0.25) is 0 Å². The molecule has 0 radical (unpaired) electrons. The van der Waals surface area contributed by atoms with Crippen LogP contribution in [0.5, 0.6) is 11.5 Å². The second-order valence-corrected chi connectivity index (χ2v) is 6.18. The molecule has 0 saturated carbocycles. The molecule has 0 saturated heterocycles. The van der Waals surface area contributed by atoms with Crippen molar-refractivity contribution in [3.63, 3.8) is 0 Å². The predicted octanol–water partition coefficient (Wildman–Crippen LogP) is 4.20. The van der Waals surface area contributed by atoms with Gasteiger partial charge in [0.25, 0.3) is 0 Å². The zero-order valence-electron chi connectivity index (χ0n) is 17.7. The van der Waals surface area contributed by atoms with Gasteiger partial charge in [0.15, 0.2) is 11.5 Å². The predicted molar refractivity (Wildman–Crippen MR) is 115 cm³/mol. The van der Waals surface area contributed by atoms with Crippen LogP contribution in [0.3, 0.4) is 0 Å². The summed E-state index contributed by atoms with van der Waals surface area (Å²) in [5.41, 5.74) is 2.57. The second kappa shape index (κ2) is 12.2. The lowest BCUT2D eigenvalue weighted by molar-refractivity contribution is -0.133. The normalized spacial score (nSPS) is 11.3. The number of methoxy groups -OCH3 is 3. The van der Waals surface area contributed by atoms with Gasteiger partial charge in [-0.1, -0.05) is 36.3 Å². The van der Waals surface area contributed by atoms with Crippen molar-refractivity contribution in [1.82, 2.24) is 0 Å². The van der Waals surface area contributed by atoms with Crippen LogP contribution in [0, 0.1) is 0 Å². The van der Waals surface area contributed by atoms with Gasteiger partial charge in [0, 0.05) is 5.56 Å². The number of carbonyl (C=O) groups excluding carboxylic acids is 1. The zero-order chi connectivity index (χ0) is 21.8.